The summed E-state index contributed by atoms with van der Waals surface area (Å²) in [7, 11) is 0. The molecule has 0 aliphatic carbocycles. The lowest BCUT2D eigenvalue weighted by Gasteiger charge is -2.21. The van der Waals surface area contributed by atoms with E-state index >= 15 is 0 Å². The van der Waals surface area contributed by atoms with E-state index in [1.807, 2.05) is 50.2 Å². The first-order valence-corrected chi connectivity index (χ1v) is 10.5. The number of hydrogen-bond donors (Lipinski definition) is 2. The number of nitrogens with zero attached hydrogens (tertiary/aromatic N) is 5. The highest BCUT2D eigenvalue weighted by Crippen LogP contribution is 2.22. The molecule has 0 aliphatic rings. The quantitative estimate of drug-likeness (QED) is 0.435. The summed E-state index contributed by atoms with van der Waals surface area (Å²) in [5.74, 6) is 7.15. The van der Waals surface area contributed by atoms with Crippen molar-refractivity contribution in [2.75, 3.05) is 11.6 Å². The molecule has 0 fully saturated rings. The highest BCUT2D eigenvalue weighted by Gasteiger charge is 2.19. The lowest BCUT2D eigenvalue weighted by Crippen LogP contribution is -2.31. The summed E-state index contributed by atoms with van der Waals surface area (Å²) in [4.78, 5) is 12.6. The Bertz CT molecular complexity index is 965. The van der Waals surface area contributed by atoms with Gasteiger partial charge in [-0.2, -0.15) is 5.10 Å². The molecule has 29 heavy (non-hydrogen) atoms. The van der Waals surface area contributed by atoms with Crippen LogP contribution in [0.15, 0.2) is 41.6 Å². The van der Waals surface area contributed by atoms with Crippen molar-refractivity contribution in [3.8, 4) is 5.95 Å². The topological polar surface area (TPSA) is 104 Å². The van der Waals surface area contributed by atoms with Crippen LogP contribution in [0.1, 0.15) is 43.3 Å². The van der Waals surface area contributed by atoms with Crippen LogP contribution in [0.2, 0.25) is 0 Å². The number of hydrogen-bond acceptors (Lipinski definition) is 6. The number of benzene rings is 1. The zero-order chi connectivity index (χ0) is 21.0. The first kappa shape index (κ1) is 20.9. The standard InChI is InChI=1S/C20H27N7OS/c1-13(2)10-17(16-8-6-5-7-9-16)22-18(28)12-29-20-24-23-19(26(20)21)27-15(4)11-14(3)25-27/h5-9,11,13,17H,10,12,21H2,1-4H3,(H,22,28)/t17-/m0/s1. The molecule has 0 saturated heterocycles. The molecule has 1 amide bonds. The van der Waals surface area contributed by atoms with Gasteiger partial charge in [-0.15, -0.1) is 10.2 Å². The number of nitrogens with two attached hydrogens (primary N) is 1. The molecule has 3 N–H and O–H groups in total. The van der Waals surface area contributed by atoms with Crippen molar-refractivity contribution in [2.45, 2.75) is 45.3 Å². The van der Waals surface area contributed by atoms with Crippen molar-refractivity contribution in [3.05, 3.63) is 53.3 Å². The minimum Gasteiger partial charge on any atom is -0.349 e. The van der Waals surface area contributed by atoms with Crippen LogP contribution in [0.25, 0.3) is 5.95 Å². The van der Waals surface area contributed by atoms with Gasteiger partial charge in [0.25, 0.3) is 5.95 Å². The molecule has 3 rings (SSSR count). The number of nitrogen functional groups attached to an aromatic ring is 1. The van der Waals surface area contributed by atoms with E-state index in [0.29, 0.717) is 17.0 Å². The van der Waals surface area contributed by atoms with E-state index in [0.717, 1.165) is 23.4 Å². The third kappa shape index (κ3) is 5.17. The van der Waals surface area contributed by atoms with E-state index in [4.69, 9.17) is 5.84 Å². The molecule has 0 aliphatic heterocycles. The van der Waals surface area contributed by atoms with Crippen LogP contribution in [0.3, 0.4) is 0 Å². The van der Waals surface area contributed by atoms with E-state index in [9.17, 15) is 4.79 Å². The van der Waals surface area contributed by atoms with Gasteiger partial charge in [0.1, 0.15) is 0 Å². The molecular formula is C20H27N7OS. The zero-order valence-corrected chi connectivity index (χ0v) is 18.0. The maximum Gasteiger partial charge on any atom is 0.271 e. The monoisotopic (exact) mass is 413 g/mol. The summed E-state index contributed by atoms with van der Waals surface area (Å²) in [5, 5.41) is 16.2. The number of amides is 1. The molecule has 154 valence electrons. The summed E-state index contributed by atoms with van der Waals surface area (Å²) in [6.45, 7) is 8.12. The highest BCUT2D eigenvalue weighted by molar-refractivity contribution is 7.99. The van der Waals surface area contributed by atoms with Gasteiger partial charge >= 0.3 is 0 Å². The van der Waals surface area contributed by atoms with Crippen molar-refractivity contribution in [2.24, 2.45) is 5.92 Å². The molecule has 3 aromatic rings. The second-order valence-electron chi connectivity index (χ2n) is 7.44. The molecule has 2 aromatic heterocycles. The van der Waals surface area contributed by atoms with Gasteiger partial charge < -0.3 is 11.2 Å². The second-order valence-corrected chi connectivity index (χ2v) is 8.38. The van der Waals surface area contributed by atoms with Crippen molar-refractivity contribution in [3.63, 3.8) is 0 Å². The Morgan fingerprint density at radius 1 is 1.21 bits per heavy atom. The lowest BCUT2D eigenvalue weighted by atomic mass is 9.97. The highest BCUT2D eigenvalue weighted by atomic mass is 32.2. The number of rotatable bonds is 8. The summed E-state index contributed by atoms with van der Waals surface area (Å²) in [6.07, 6.45) is 0.871. The van der Waals surface area contributed by atoms with Crippen molar-refractivity contribution < 1.29 is 4.79 Å². The minimum absolute atomic E-state index is 0.0229. The van der Waals surface area contributed by atoms with Crippen molar-refractivity contribution in [1.29, 1.82) is 0 Å². The Morgan fingerprint density at radius 3 is 2.55 bits per heavy atom. The molecule has 0 radical (unpaired) electrons. The Morgan fingerprint density at radius 2 is 1.93 bits per heavy atom. The predicted molar refractivity (Wildman–Crippen MR) is 114 cm³/mol. The smallest absolute Gasteiger partial charge is 0.271 e. The fourth-order valence-corrected chi connectivity index (χ4v) is 3.81. The molecule has 9 heteroatoms. The van der Waals surface area contributed by atoms with Gasteiger partial charge in [0, 0.05) is 5.69 Å². The average molecular weight is 414 g/mol. The molecule has 0 saturated carbocycles. The molecule has 8 nitrogen and oxygen atoms in total. The number of thioether (sulfide) groups is 1. The van der Waals surface area contributed by atoms with E-state index in [2.05, 4.69) is 34.5 Å². The van der Waals surface area contributed by atoms with Gasteiger partial charge in [-0.05, 0) is 37.8 Å². The molecule has 0 bridgehead atoms. The largest absolute Gasteiger partial charge is 0.349 e. The fourth-order valence-electron chi connectivity index (χ4n) is 3.14. The van der Waals surface area contributed by atoms with Gasteiger partial charge in [0.05, 0.1) is 17.5 Å². The van der Waals surface area contributed by atoms with Crippen LogP contribution in [0.4, 0.5) is 0 Å². The van der Waals surface area contributed by atoms with Crippen molar-refractivity contribution in [1.82, 2.24) is 30.0 Å². The predicted octanol–water partition coefficient (Wildman–Crippen LogP) is 2.79. The molecule has 1 aromatic carbocycles. The molecule has 2 heterocycles. The normalized spacial score (nSPS) is 12.3. The fraction of sp³-hybridized carbons (Fsp3) is 0.400. The lowest BCUT2D eigenvalue weighted by molar-refractivity contribution is -0.119. The first-order valence-electron chi connectivity index (χ1n) is 9.56. The number of carbonyl (C=O) groups is 1. The van der Waals surface area contributed by atoms with E-state index in [-0.39, 0.29) is 17.7 Å². The molecular weight excluding hydrogens is 386 g/mol. The number of nitrogens with one attached hydrogen (secondary N) is 1. The van der Waals surface area contributed by atoms with Crippen LogP contribution >= 0.6 is 11.8 Å². The van der Waals surface area contributed by atoms with Gasteiger partial charge in [-0.25, -0.2) is 9.36 Å². The Labute approximate surface area is 174 Å². The van der Waals surface area contributed by atoms with E-state index < -0.39 is 0 Å². The van der Waals surface area contributed by atoms with Gasteiger partial charge in [0.15, 0.2) is 0 Å². The van der Waals surface area contributed by atoms with E-state index in [1.54, 1.807) is 4.68 Å². The van der Waals surface area contributed by atoms with Gasteiger partial charge in [-0.3, -0.25) is 4.79 Å². The molecule has 1 atom stereocenters. The number of carbonyl (C=O) groups excluding carboxylic acids is 1. The van der Waals surface area contributed by atoms with Crippen LogP contribution < -0.4 is 11.2 Å². The summed E-state index contributed by atoms with van der Waals surface area (Å²) in [6, 6.07) is 11.9. The number of aryl methyl sites for hydroxylation is 2. The summed E-state index contributed by atoms with van der Waals surface area (Å²) >= 11 is 1.25. The van der Waals surface area contributed by atoms with Crippen LogP contribution in [0.5, 0.6) is 0 Å². The van der Waals surface area contributed by atoms with Gasteiger partial charge in [0.2, 0.25) is 11.1 Å². The maximum atomic E-state index is 12.6. The summed E-state index contributed by atoms with van der Waals surface area (Å²) in [5.41, 5.74) is 2.89. The molecule has 0 spiro atoms. The zero-order valence-electron chi connectivity index (χ0n) is 17.2. The summed E-state index contributed by atoms with van der Waals surface area (Å²) < 4.78 is 3.00. The SMILES string of the molecule is Cc1cc(C)n(-c2nnc(SCC(=O)N[C@@H](CC(C)C)c3ccccc3)n2N)n1. The Balaban J connectivity index is 1.65. The van der Waals surface area contributed by atoms with Crippen LogP contribution in [-0.2, 0) is 4.79 Å². The van der Waals surface area contributed by atoms with Crippen molar-refractivity contribution >= 4 is 17.7 Å². The Hall–Kier alpha value is -2.81. The maximum absolute atomic E-state index is 12.6. The second kappa shape index (κ2) is 9.13. The average Bonchev–Trinajstić information content (AvgIpc) is 3.20. The molecule has 0 unspecified atom stereocenters. The van der Waals surface area contributed by atoms with Crippen LogP contribution in [0, 0.1) is 19.8 Å². The number of aromatic nitrogens is 5. The van der Waals surface area contributed by atoms with Crippen LogP contribution in [-0.4, -0.2) is 36.3 Å². The first-order chi connectivity index (χ1) is 13.8. The van der Waals surface area contributed by atoms with E-state index in [1.165, 1.54) is 16.4 Å². The third-order valence-electron chi connectivity index (χ3n) is 4.42. The Kier molecular flexibility index (Phi) is 6.58. The third-order valence-corrected chi connectivity index (χ3v) is 5.37. The minimum atomic E-state index is -0.0693. The van der Waals surface area contributed by atoms with Gasteiger partial charge in [-0.1, -0.05) is 55.9 Å².